The summed E-state index contributed by atoms with van der Waals surface area (Å²) in [6.45, 7) is 0. The molecule has 7 heteroatoms. The van der Waals surface area contributed by atoms with E-state index in [9.17, 15) is 4.39 Å². The van der Waals surface area contributed by atoms with E-state index in [0.717, 1.165) is 55.6 Å². The first-order valence-corrected chi connectivity index (χ1v) is 9.74. The van der Waals surface area contributed by atoms with Crippen molar-refractivity contribution in [2.45, 2.75) is 0 Å². The fourth-order valence-corrected chi connectivity index (χ4v) is 3.91. The number of halogens is 1. The predicted octanol–water partition coefficient (Wildman–Crippen LogP) is 5.37. The van der Waals surface area contributed by atoms with Gasteiger partial charge in [-0.15, -0.1) is 0 Å². The van der Waals surface area contributed by atoms with Crippen molar-refractivity contribution in [1.82, 2.24) is 30.1 Å². The molecule has 0 aliphatic carbocycles. The smallest absolute Gasteiger partial charge is 0.138 e. The quantitative estimate of drug-likeness (QED) is 0.414. The third kappa shape index (κ3) is 2.95. The van der Waals surface area contributed by atoms with Crippen LogP contribution < -0.4 is 0 Å². The van der Waals surface area contributed by atoms with Crippen molar-refractivity contribution in [3.05, 3.63) is 85.3 Å². The monoisotopic (exact) mass is 406 g/mol. The molecular formula is C24H15FN6. The Hall–Kier alpha value is -4.39. The third-order valence-electron chi connectivity index (χ3n) is 5.38. The Morgan fingerprint density at radius 1 is 0.806 bits per heavy atom. The molecule has 0 unspecified atom stereocenters. The Kier molecular flexibility index (Phi) is 3.86. The Bertz CT molecular complexity index is 1550. The Labute approximate surface area is 175 Å². The van der Waals surface area contributed by atoms with E-state index < -0.39 is 0 Å². The zero-order valence-corrected chi connectivity index (χ0v) is 16.2. The summed E-state index contributed by atoms with van der Waals surface area (Å²) >= 11 is 0. The number of aromatic amines is 2. The molecule has 0 fully saturated rings. The van der Waals surface area contributed by atoms with Gasteiger partial charge in [0.05, 0.1) is 11.2 Å². The number of rotatable bonds is 3. The fraction of sp³-hybridized carbons (Fsp3) is 0. The summed E-state index contributed by atoms with van der Waals surface area (Å²) < 4.78 is 13.8. The molecule has 0 radical (unpaired) electrons. The molecule has 148 valence electrons. The summed E-state index contributed by atoms with van der Waals surface area (Å²) in [4.78, 5) is 16.0. The van der Waals surface area contributed by atoms with Crippen LogP contribution in [0.1, 0.15) is 0 Å². The second kappa shape index (κ2) is 6.84. The molecule has 0 aliphatic heterocycles. The number of nitrogens with zero attached hydrogens (tertiary/aromatic N) is 4. The number of benzene rings is 2. The SMILES string of the molecule is Fc1cccc(-c2ccnc3[nH]c(-c4n[nH]c5ccc(-c6cncnc6)cc45)cc23)c1. The number of pyridine rings is 1. The topological polar surface area (TPSA) is 83.1 Å². The van der Waals surface area contributed by atoms with Gasteiger partial charge >= 0.3 is 0 Å². The van der Waals surface area contributed by atoms with E-state index in [1.807, 2.05) is 30.3 Å². The summed E-state index contributed by atoms with van der Waals surface area (Å²) in [5.41, 5.74) is 6.92. The van der Waals surface area contributed by atoms with Gasteiger partial charge in [0.25, 0.3) is 0 Å². The van der Waals surface area contributed by atoms with Crippen molar-refractivity contribution in [3.8, 4) is 33.6 Å². The minimum Gasteiger partial charge on any atom is -0.338 e. The summed E-state index contributed by atoms with van der Waals surface area (Å²) in [5.74, 6) is -0.270. The van der Waals surface area contributed by atoms with E-state index in [2.05, 4.69) is 36.2 Å². The number of H-pyrrole nitrogens is 2. The van der Waals surface area contributed by atoms with E-state index in [0.29, 0.717) is 0 Å². The van der Waals surface area contributed by atoms with Gasteiger partial charge in [-0.05, 0) is 53.1 Å². The van der Waals surface area contributed by atoms with E-state index >= 15 is 0 Å². The molecule has 0 aliphatic rings. The third-order valence-corrected chi connectivity index (χ3v) is 5.38. The van der Waals surface area contributed by atoms with Crippen molar-refractivity contribution in [3.63, 3.8) is 0 Å². The Balaban J connectivity index is 1.52. The van der Waals surface area contributed by atoms with Crippen LogP contribution in [0.4, 0.5) is 4.39 Å². The van der Waals surface area contributed by atoms with Gasteiger partial charge in [0.2, 0.25) is 0 Å². The van der Waals surface area contributed by atoms with Gasteiger partial charge in [0.15, 0.2) is 0 Å². The van der Waals surface area contributed by atoms with Crippen LogP contribution >= 0.6 is 0 Å². The van der Waals surface area contributed by atoms with Gasteiger partial charge in [-0.25, -0.2) is 19.3 Å². The van der Waals surface area contributed by atoms with Crippen LogP contribution in [0.2, 0.25) is 0 Å². The predicted molar refractivity (Wildman–Crippen MR) is 118 cm³/mol. The number of nitrogens with one attached hydrogen (secondary N) is 2. The molecule has 0 atom stereocenters. The minimum atomic E-state index is -0.270. The molecular weight excluding hydrogens is 391 g/mol. The van der Waals surface area contributed by atoms with Gasteiger partial charge in [-0.1, -0.05) is 18.2 Å². The second-order valence-electron chi connectivity index (χ2n) is 7.27. The molecule has 2 aromatic carbocycles. The van der Waals surface area contributed by atoms with Crippen molar-refractivity contribution in [1.29, 1.82) is 0 Å². The van der Waals surface area contributed by atoms with Crippen LogP contribution in [0.15, 0.2) is 79.5 Å². The van der Waals surface area contributed by atoms with Crippen LogP contribution in [0, 0.1) is 5.82 Å². The molecule has 4 heterocycles. The average molecular weight is 406 g/mol. The maximum atomic E-state index is 13.8. The van der Waals surface area contributed by atoms with Crippen molar-refractivity contribution < 1.29 is 4.39 Å². The van der Waals surface area contributed by atoms with E-state index in [-0.39, 0.29) is 5.82 Å². The van der Waals surface area contributed by atoms with Crippen LogP contribution in [0.25, 0.3) is 55.6 Å². The lowest BCUT2D eigenvalue weighted by atomic mass is 10.0. The normalized spacial score (nSPS) is 11.4. The van der Waals surface area contributed by atoms with Gasteiger partial charge < -0.3 is 4.98 Å². The van der Waals surface area contributed by atoms with Gasteiger partial charge in [0.1, 0.15) is 23.5 Å². The molecule has 0 amide bonds. The minimum absolute atomic E-state index is 0.270. The van der Waals surface area contributed by atoms with Crippen LogP contribution in [0.5, 0.6) is 0 Å². The maximum Gasteiger partial charge on any atom is 0.138 e. The number of hydrogen-bond acceptors (Lipinski definition) is 4. The zero-order valence-electron chi connectivity index (χ0n) is 16.2. The zero-order chi connectivity index (χ0) is 20.8. The van der Waals surface area contributed by atoms with Crippen LogP contribution in [0.3, 0.4) is 0 Å². The molecule has 0 saturated heterocycles. The van der Waals surface area contributed by atoms with Crippen LogP contribution in [-0.4, -0.2) is 30.1 Å². The summed E-state index contributed by atoms with van der Waals surface area (Å²) in [5, 5.41) is 9.51. The summed E-state index contributed by atoms with van der Waals surface area (Å²) in [6.07, 6.45) is 6.80. The molecule has 0 bridgehead atoms. The van der Waals surface area contributed by atoms with Crippen LogP contribution in [-0.2, 0) is 0 Å². The number of fused-ring (bicyclic) bond motifs is 2. The van der Waals surface area contributed by atoms with Gasteiger partial charge in [-0.3, -0.25) is 5.10 Å². The molecule has 6 aromatic rings. The van der Waals surface area contributed by atoms with Crippen molar-refractivity contribution in [2.75, 3.05) is 0 Å². The van der Waals surface area contributed by atoms with E-state index in [4.69, 9.17) is 0 Å². The summed E-state index contributed by atoms with van der Waals surface area (Å²) in [7, 11) is 0. The fourth-order valence-electron chi connectivity index (χ4n) is 3.91. The standard InChI is InChI=1S/C24H15FN6/c25-17-3-1-2-15(8-17)18-6-7-28-24-19(18)10-22(29-24)23-20-9-14(4-5-21(20)30-31-23)16-11-26-13-27-12-16/h1-13H,(H,28,29)(H,30,31). The lowest BCUT2D eigenvalue weighted by molar-refractivity contribution is 0.628. The second-order valence-corrected chi connectivity index (χ2v) is 7.27. The first-order valence-electron chi connectivity index (χ1n) is 9.74. The Morgan fingerprint density at radius 2 is 1.71 bits per heavy atom. The highest BCUT2D eigenvalue weighted by Gasteiger charge is 2.15. The lowest BCUT2D eigenvalue weighted by Crippen LogP contribution is -1.83. The van der Waals surface area contributed by atoms with E-state index in [1.165, 1.54) is 18.5 Å². The highest BCUT2D eigenvalue weighted by atomic mass is 19.1. The maximum absolute atomic E-state index is 13.8. The van der Waals surface area contributed by atoms with Gasteiger partial charge in [0, 0.05) is 34.9 Å². The molecule has 0 spiro atoms. The molecule has 4 aromatic heterocycles. The highest BCUT2D eigenvalue weighted by Crippen LogP contribution is 2.34. The first-order chi connectivity index (χ1) is 15.3. The number of hydrogen-bond donors (Lipinski definition) is 2. The molecule has 2 N–H and O–H groups in total. The molecule has 31 heavy (non-hydrogen) atoms. The molecule has 0 saturated carbocycles. The highest BCUT2D eigenvalue weighted by molar-refractivity contribution is 6.00. The molecule has 6 nitrogen and oxygen atoms in total. The average Bonchev–Trinajstić information content (AvgIpc) is 3.43. The van der Waals surface area contributed by atoms with E-state index in [1.54, 1.807) is 24.7 Å². The van der Waals surface area contributed by atoms with Crippen molar-refractivity contribution in [2.24, 2.45) is 0 Å². The lowest BCUT2D eigenvalue weighted by Gasteiger charge is -2.02. The number of aromatic nitrogens is 6. The van der Waals surface area contributed by atoms with Crippen molar-refractivity contribution >= 4 is 21.9 Å². The summed E-state index contributed by atoms with van der Waals surface area (Å²) in [6, 6.07) is 16.5. The first kappa shape index (κ1) is 17.5. The molecule has 6 rings (SSSR count). The largest absolute Gasteiger partial charge is 0.338 e. The Morgan fingerprint density at radius 3 is 2.58 bits per heavy atom. The van der Waals surface area contributed by atoms with Gasteiger partial charge in [-0.2, -0.15) is 5.10 Å².